The summed E-state index contributed by atoms with van der Waals surface area (Å²) in [5.74, 6) is 0.333. The SMILES string of the molecule is Cc1ccc(C(=O)CSc2[nH+]c(-c3ccccc3)ccc2C#N)cc1. The fourth-order valence-electron chi connectivity index (χ4n) is 2.42. The molecule has 0 unspecified atom stereocenters. The predicted molar refractivity (Wildman–Crippen MR) is 99.4 cm³/mol. The summed E-state index contributed by atoms with van der Waals surface area (Å²) in [6.07, 6.45) is 0. The van der Waals surface area contributed by atoms with E-state index < -0.39 is 0 Å². The van der Waals surface area contributed by atoms with Gasteiger partial charge in [-0.1, -0.05) is 48.0 Å². The number of nitrogens with zero attached hydrogens (tertiary/aromatic N) is 1. The number of ketones is 1. The standard InChI is InChI=1S/C21H16N2OS/c1-15-7-9-17(10-8-15)20(24)14-25-21-18(13-22)11-12-19(23-21)16-5-3-2-4-6-16/h2-12H,14H2,1H3/p+1. The molecule has 0 saturated carbocycles. The number of Topliss-reactive ketones (excluding diaryl/α,β-unsaturated/α-hetero) is 1. The van der Waals surface area contributed by atoms with Crippen LogP contribution in [0.3, 0.4) is 0 Å². The maximum absolute atomic E-state index is 12.4. The molecule has 25 heavy (non-hydrogen) atoms. The van der Waals surface area contributed by atoms with Gasteiger partial charge in [0, 0.05) is 17.2 Å². The van der Waals surface area contributed by atoms with Gasteiger partial charge in [0.15, 0.2) is 5.78 Å². The lowest BCUT2D eigenvalue weighted by atomic mass is 10.1. The number of rotatable bonds is 5. The van der Waals surface area contributed by atoms with Gasteiger partial charge in [-0.05, 0) is 36.9 Å². The summed E-state index contributed by atoms with van der Waals surface area (Å²) < 4.78 is 0. The van der Waals surface area contributed by atoms with Crippen LogP contribution in [0.15, 0.2) is 71.8 Å². The molecular weight excluding hydrogens is 328 g/mol. The van der Waals surface area contributed by atoms with Gasteiger partial charge in [0.1, 0.15) is 11.6 Å². The normalized spacial score (nSPS) is 10.2. The van der Waals surface area contributed by atoms with Crippen molar-refractivity contribution in [2.75, 3.05) is 5.75 Å². The number of H-pyrrole nitrogens is 1. The third-order valence-electron chi connectivity index (χ3n) is 3.84. The van der Waals surface area contributed by atoms with Crippen molar-refractivity contribution in [3.8, 4) is 17.3 Å². The zero-order chi connectivity index (χ0) is 17.6. The molecule has 0 atom stereocenters. The van der Waals surface area contributed by atoms with Crippen molar-refractivity contribution in [2.24, 2.45) is 0 Å². The average Bonchev–Trinajstić information content (AvgIpc) is 2.67. The first-order valence-electron chi connectivity index (χ1n) is 7.92. The van der Waals surface area contributed by atoms with Gasteiger partial charge < -0.3 is 0 Å². The minimum Gasteiger partial charge on any atom is -0.293 e. The Hall–Kier alpha value is -2.90. The van der Waals surface area contributed by atoms with Gasteiger partial charge in [-0.3, -0.25) is 4.79 Å². The largest absolute Gasteiger partial charge is 0.293 e. The van der Waals surface area contributed by atoms with Gasteiger partial charge in [0.05, 0.1) is 5.75 Å². The summed E-state index contributed by atoms with van der Waals surface area (Å²) >= 11 is 1.36. The number of pyridine rings is 1. The van der Waals surface area contributed by atoms with Gasteiger partial charge in [-0.25, -0.2) is 0 Å². The van der Waals surface area contributed by atoms with Crippen LogP contribution in [0.5, 0.6) is 0 Å². The summed E-state index contributed by atoms with van der Waals surface area (Å²) in [4.78, 5) is 15.7. The highest BCUT2D eigenvalue weighted by Crippen LogP contribution is 2.22. The number of thioether (sulfide) groups is 1. The first kappa shape index (κ1) is 16.9. The van der Waals surface area contributed by atoms with E-state index in [0.29, 0.717) is 16.2 Å². The van der Waals surface area contributed by atoms with E-state index >= 15 is 0 Å². The molecule has 2 aromatic carbocycles. The van der Waals surface area contributed by atoms with Crippen LogP contribution in [-0.2, 0) is 0 Å². The van der Waals surface area contributed by atoms with Crippen LogP contribution in [0.25, 0.3) is 11.3 Å². The second kappa shape index (κ2) is 7.78. The van der Waals surface area contributed by atoms with Crippen molar-refractivity contribution >= 4 is 17.5 Å². The Morgan fingerprint density at radius 1 is 1.04 bits per heavy atom. The van der Waals surface area contributed by atoms with E-state index in [4.69, 9.17) is 0 Å². The molecule has 1 N–H and O–H groups in total. The number of aromatic nitrogens is 1. The molecule has 3 nitrogen and oxygen atoms in total. The number of hydrogen-bond acceptors (Lipinski definition) is 3. The fraction of sp³-hybridized carbons (Fsp3) is 0.0952. The summed E-state index contributed by atoms with van der Waals surface area (Å²) in [6.45, 7) is 1.99. The highest BCUT2D eigenvalue weighted by atomic mass is 32.2. The van der Waals surface area contributed by atoms with Crippen molar-refractivity contribution in [2.45, 2.75) is 11.9 Å². The molecule has 0 aliphatic carbocycles. The van der Waals surface area contributed by atoms with Crippen LogP contribution < -0.4 is 4.98 Å². The number of hydrogen-bond donors (Lipinski definition) is 0. The van der Waals surface area contributed by atoms with Gasteiger partial charge in [0.2, 0.25) is 5.69 Å². The minimum absolute atomic E-state index is 0.0485. The van der Waals surface area contributed by atoms with E-state index in [1.165, 1.54) is 11.8 Å². The average molecular weight is 345 g/mol. The summed E-state index contributed by atoms with van der Waals surface area (Å²) in [5, 5.41) is 10.0. The molecule has 1 heterocycles. The lowest BCUT2D eigenvalue weighted by molar-refractivity contribution is -0.414. The molecule has 0 amide bonds. The minimum atomic E-state index is 0.0485. The maximum atomic E-state index is 12.4. The lowest BCUT2D eigenvalue weighted by Crippen LogP contribution is -2.14. The number of nitrogens with one attached hydrogen (secondary N) is 1. The molecular formula is C21H17N2OS+. The number of carbonyl (C=O) groups excluding carboxylic acids is 1. The Kier molecular flexibility index (Phi) is 5.27. The molecule has 0 fully saturated rings. The summed E-state index contributed by atoms with van der Waals surface area (Å²) in [5.41, 5.74) is 4.32. The van der Waals surface area contributed by atoms with Crippen LogP contribution in [0.2, 0.25) is 0 Å². The van der Waals surface area contributed by atoms with Crippen molar-refractivity contribution in [3.63, 3.8) is 0 Å². The van der Waals surface area contributed by atoms with Crippen LogP contribution in [-0.4, -0.2) is 11.5 Å². The third-order valence-corrected chi connectivity index (χ3v) is 4.85. The zero-order valence-electron chi connectivity index (χ0n) is 13.8. The molecule has 0 radical (unpaired) electrons. The van der Waals surface area contributed by atoms with Gasteiger partial charge in [0.25, 0.3) is 5.03 Å². The van der Waals surface area contributed by atoms with E-state index in [-0.39, 0.29) is 11.5 Å². The predicted octanol–water partition coefficient (Wildman–Crippen LogP) is 4.32. The smallest absolute Gasteiger partial charge is 0.257 e. The van der Waals surface area contributed by atoms with Crippen LogP contribution in [0.4, 0.5) is 0 Å². The van der Waals surface area contributed by atoms with E-state index in [0.717, 1.165) is 16.8 Å². The number of aryl methyl sites for hydroxylation is 1. The number of nitriles is 1. The third kappa shape index (κ3) is 4.14. The number of aromatic amines is 1. The second-order valence-electron chi connectivity index (χ2n) is 5.67. The Bertz CT molecular complexity index is 928. The maximum Gasteiger partial charge on any atom is 0.257 e. The molecule has 0 bridgehead atoms. The molecule has 122 valence electrons. The van der Waals surface area contributed by atoms with Crippen molar-refractivity contribution in [1.29, 1.82) is 5.26 Å². The van der Waals surface area contributed by atoms with E-state index in [2.05, 4.69) is 11.1 Å². The molecule has 1 aromatic heterocycles. The van der Waals surface area contributed by atoms with E-state index in [1.807, 2.05) is 67.6 Å². The molecule has 3 aromatic rings. The van der Waals surface area contributed by atoms with Gasteiger partial charge in [-0.2, -0.15) is 10.2 Å². The lowest BCUT2D eigenvalue weighted by Gasteiger charge is -2.02. The highest BCUT2D eigenvalue weighted by Gasteiger charge is 2.17. The Balaban J connectivity index is 1.80. The summed E-state index contributed by atoms with van der Waals surface area (Å²) in [6, 6.07) is 23.3. The van der Waals surface area contributed by atoms with Crippen LogP contribution >= 0.6 is 11.8 Å². The molecule has 0 saturated heterocycles. The molecule has 0 aliphatic rings. The van der Waals surface area contributed by atoms with Crippen LogP contribution in [0.1, 0.15) is 21.5 Å². The highest BCUT2D eigenvalue weighted by molar-refractivity contribution is 7.99. The quantitative estimate of drug-likeness (QED) is 0.511. The van der Waals surface area contributed by atoms with Crippen molar-refractivity contribution < 1.29 is 9.78 Å². The topological polar surface area (TPSA) is 55.0 Å². The molecule has 3 rings (SSSR count). The Labute approximate surface area is 151 Å². The van der Waals surface area contributed by atoms with E-state index in [9.17, 15) is 10.1 Å². The second-order valence-corrected chi connectivity index (χ2v) is 6.66. The Morgan fingerprint density at radius 2 is 1.76 bits per heavy atom. The fourth-order valence-corrected chi connectivity index (χ4v) is 3.32. The Morgan fingerprint density at radius 3 is 2.44 bits per heavy atom. The van der Waals surface area contributed by atoms with Crippen molar-refractivity contribution in [1.82, 2.24) is 0 Å². The van der Waals surface area contributed by atoms with E-state index in [1.54, 1.807) is 6.07 Å². The zero-order valence-corrected chi connectivity index (χ0v) is 14.6. The van der Waals surface area contributed by atoms with Gasteiger partial charge in [-0.15, -0.1) is 0 Å². The number of benzene rings is 2. The first-order valence-corrected chi connectivity index (χ1v) is 8.90. The van der Waals surface area contributed by atoms with Crippen LogP contribution in [0, 0.1) is 18.3 Å². The monoisotopic (exact) mass is 345 g/mol. The molecule has 4 heteroatoms. The first-order chi connectivity index (χ1) is 12.2. The number of carbonyl (C=O) groups is 1. The molecule has 0 spiro atoms. The van der Waals surface area contributed by atoms with Gasteiger partial charge >= 0.3 is 0 Å². The molecule has 0 aliphatic heterocycles. The van der Waals surface area contributed by atoms with Crippen molar-refractivity contribution in [3.05, 3.63) is 83.4 Å². The summed E-state index contributed by atoms with van der Waals surface area (Å²) in [7, 11) is 0.